The molecule has 2 aromatic heterocycles. The molecule has 0 fully saturated rings. The van der Waals surface area contributed by atoms with E-state index in [2.05, 4.69) is 31.9 Å². The van der Waals surface area contributed by atoms with E-state index in [4.69, 9.17) is 0 Å². The van der Waals surface area contributed by atoms with Gasteiger partial charge < -0.3 is 9.84 Å². The minimum Gasteiger partial charge on any atom is -0.343 e. The average molecular weight is 238 g/mol. The van der Waals surface area contributed by atoms with E-state index in [0.717, 1.165) is 24.5 Å². The van der Waals surface area contributed by atoms with Crippen LogP contribution < -0.4 is 5.32 Å². The summed E-state index contributed by atoms with van der Waals surface area (Å²) in [6.45, 7) is 5.00. The van der Waals surface area contributed by atoms with E-state index in [-0.39, 0.29) is 0 Å². The molecule has 1 N–H and O–H groups in total. The zero-order chi connectivity index (χ0) is 11.4. The molecule has 0 saturated carbocycles. The molecule has 0 aliphatic heterocycles. The largest absolute Gasteiger partial charge is 0.343 e. The van der Waals surface area contributed by atoms with Crippen molar-refractivity contribution < 1.29 is 4.52 Å². The van der Waals surface area contributed by atoms with Gasteiger partial charge >= 0.3 is 0 Å². The zero-order valence-corrected chi connectivity index (χ0v) is 10.1. The molecule has 0 aliphatic rings. The van der Waals surface area contributed by atoms with Crippen molar-refractivity contribution in [3.8, 4) is 0 Å². The second kappa shape index (κ2) is 5.18. The summed E-state index contributed by atoms with van der Waals surface area (Å²) in [4.78, 5) is 9.49. The zero-order valence-electron chi connectivity index (χ0n) is 9.30. The van der Waals surface area contributed by atoms with Crippen molar-refractivity contribution in [1.82, 2.24) is 20.4 Å². The quantitative estimate of drug-likeness (QED) is 0.859. The lowest BCUT2D eigenvalue weighted by molar-refractivity contribution is 0.408. The fourth-order valence-electron chi connectivity index (χ4n) is 1.52. The Balaban J connectivity index is 1.80. The van der Waals surface area contributed by atoms with Gasteiger partial charge in [-0.1, -0.05) is 5.16 Å². The van der Waals surface area contributed by atoms with Gasteiger partial charge in [0.05, 0.1) is 11.2 Å². The Hall–Kier alpha value is -1.27. The molecule has 2 heterocycles. The highest BCUT2D eigenvalue weighted by molar-refractivity contribution is 7.09. The van der Waals surface area contributed by atoms with E-state index >= 15 is 0 Å². The van der Waals surface area contributed by atoms with Crippen LogP contribution in [0.5, 0.6) is 0 Å². The SMILES string of the molecule is Cc1ncsc1C(C)NCCc1ncon1. The predicted molar refractivity (Wildman–Crippen MR) is 61.3 cm³/mol. The van der Waals surface area contributed by atoms with Crippen molar-refractivity contribution >= 4 is 11.3 Å². The number of rotatable bonds is 5. The van der Waals surface area contributed by atoms with Crippen LogP contribution >= 0.6 is 11.3 Å². The van der Waals surface area contributed by atoms with E-state index in [1.165, 1.54) is 11.3 Å². The Morgan fingerprint density at radius 3 is 3.00 bits per heavy atom. The van der Waals surface area contributed by atoms with Gasteiger partial charge in [0.25, 0.3) is 0 Å². The molecule has 16 heavy (non-hydrogen) atoms. The molecular formula is C10H14N4OS. The molecule has 1 atom stereocenters. The first-order valence-electron chi connectivity index (χ1n) is 5.16. The summed E-state index contributed by atoms with van der Waals surface area (Å²) >= 11 is 1.68. The smallest absolute Gasteiger partial charge is 0.213 e. The van der Waals surface area contributed by atoms with Gasteiger partial charge in [0.1, 0.15) is 0 Å². The average Bonchev–Trinajstić information content (AvgIpc) is 2.88. The van der Waals surface area contributed by atoms with Crippen LogP contribution in [0.4, 0.5) is 0 Å². The molecule has 2 rings (SSSR count). The number of nitrogens with one attached hydrogen (secondary N) is 1. The van der Waals surface area contributed by atoms with Gasteiger partial charge in [-0.2, -0.15) is 4.98 Å². The molecule has 5 nitrogen and oxygen atoms in total. The molecule has 6 heteroatoms. The summed E-state index contributed by atoms with van der Waals surface area (Å²) in [5.74, 6) is 0.737. The molecule has 0 saturated heterocycles. The van der Waals surface area contributed by atoms with Crippen LogP contribution in [-0.4, -0.2) is 21.7 Å². The summed E-state index contributed by atoms with van der Waals surface area (Å²) in [7, 11) is 0. The number of thiazole rings is 1. The third-order valence-corrected chi connectivity index (χ3v) is 3.50. The van der Waals surface area contributed by atoms with Crippen molar-refractivity contribution in [3.05, 3.63) is 28.3 Å². The maximum absolute atomic E-state index is 4.67. The Kier molecular flexibility index (Phi) is 3.63. The second-order valence-electron chi connectivity index (χ2n) is 3.58. The topological polar surface area (TPSA) is 63.8 Å². The summed E-state index contributed by atoms with van der Waals surface area (Å²) in [5.41, 5.74) is 2.98. The normalized spacial score (nSPS) is 12.9. The minimum absolute atomic E-state index is 0.319. The van der Waals surface area contributed by atoms with Crippen LogP contribution in [0.15, 0.2) is 16.4 Å². The first-order chi connectivity index (χ1) is 7.77. The molecule has 0 amide bonds. The second-order valence-corrected chi connectivity index (χ2v) is 4.46. The minimum atomic E-state index is 0.319. The standard InChI is InChI=1S/C10H14N4OS/c1-7(10-8(2)13-6-16-10)11-4-3-9-12-5-15-14-9/h5-7,11H,3-4H2,1-2H3. The number of hydrogen-bond acceptors (Lipinski definition) is 6. The van der Waals surface area contributed by atoms with Gasteiger partial charge in [0.15, 0.2) is 5.82 Å². The third-order valence-electron chi connectivity index (χ3n) is 2.38. The molecule has 0 aliphatic carbocycles. The number of aromatic nitrogens is 3. The van der Waals surface area contributed by atoms with E-state index < -0.39 is 0 Å². The van der Waals surface area contributed by atoms with Crippen molar-refractivity contribution in [3.63, 3.8) is 0 Å². The molecule has 1 unspecified atom stereocenters. The van der Waals surface area contributed by atoms with Crippen molar-refractivity contribution in [1.29, 1.82) is 0 Å². The lowest BCUT2D eigenvalue weighted by Crippen LogP contribution is -2.21. The van der Waals surface area contributed by atoms with Gasteiger partial charge in [0, 0.05) is 23.9 Å². The Bertz CT molecular complexity index is 426. The molecular weight excluding hydrogens is 224 g/mol. The first kappa shape index (κ1) is 11.2. The fraction of sp³-hybridized carbons (Fsp3) is 0.500. The number of aryl methyl sites for hydroxylation is 1. The molecule has 0 bridgehead atoms. The van der Waals surface area contributed by atoms with Crippen LogP contribution in [0.1, 0.15) is 29.4 Å². The molecule has 0 spiro atoms. The number of hydrogen-bond donors (Lipinski definition) is 1. The Morgan fingerprint density at radius 2 is 2.38 bits per heavy atom. The summed E-state index contributed by atoms with van der Waals surface area (Å²) in [5, 5.41) is 7.17. The number of nitrogens with zero attached hydrogens (tertiary/aromatic N) is 3. The highest BCUT2D eigenvalue weighted by Gasteiger charge is 2.10. The Morgan fingerprint density at radius 1 is 1.50 bits per heavy atom. The van der Waals surface area contributed by atoms with Crippen LogP contribution in [0, 0.1) is 6.92 Å². The van der Waals surface area contributed by atoms with E-state index in [9.17, 15) is 0 Å². The van der Waals surface area contributed by atoms with Crippen LogP contribution in [-0.2, 0) is 6.42 Å². The molecule has 0 radical (unpaired) electrons. The van der Waals surface area contributed by atoms with Gasteiger partial charge in [0.2, 0.25) is 6.39 Å². The molecule has 0 aromatic carbocycles. The van der Waals surface area contributed by atoms with Gasteiger partial charge in [-0.3, -0.25) is 0 Å². The van der Waals surface area contributed by atoms with E-state index in [1.54, 1.807) is 11.3 Å². The Labute approximate surface area is 97.9 Å². The van der Waals surface area contributed by atoms with Gasteiger partial charge in [-0.05, 0) is 13.8 Å². The lowest BCUT2D eigenvalue weighted by Gasteiger charge is -2.11. The van der Waals surface area contributed by atoms with E-state index in [0.29, 0.717) is 6.04 Å². The van der Waals surface area contributed by atoms with Crippen LogP contribution in [0.25, 0.3) is 0 Å². The first-order valence-corrected chi connectivity index (χ1v) is 6.04. The van der Waals surface area contributed by atoms with Crippen molar-refractivity contribution in [2.24, 2.45) is 0 Å². The highest BCUT2D eigenvalue weighted by Crippen LogP contribution is 2.20. The summed E-state index contributed by atoms with van der Waals surface area (Å²) in [6, 6.07) is 0.319. The lowest BCUT2D eigenvalue weighted by atomic mass is 10.2. The van der Waals surface area contributed by atoms with Gasteiger partial charge in [-0.25, -0.2) is 4.98 Å². The summed E-state index contributed by atoms with van der Waals surface area (Å²) in [6.07, 6.45) is 2.13. The maximum Gasteiger partial charge on any atom is 0.213 e. The van der Waals surface area contributed by atoms with E-state index in [1.807, 2.05) is 12.4 Å². The third kappa shape index (κ3) is 2.65. The fourth-order valence-corrected chi connectivity index (χ4v) is 2.36. The van der Waals surface area contributed by atoms with Crippen molar-refractivity contribution in [2.45, 2.75) is 26.3 Å². The molecule has 2 aromatic rings. The van der Waals surface area contributed by atoms with Crippen LogP contribution in [0.3, 0.4) is 0 Å². The monoisotopic (exact) mass is 238 g/mol. The predicted octanol–water partition coefficient (Wildman–Crippen LogP) is 1.73. The molecule has 86 valence electrons. The summed E-state index contributed by atoms with van der Waals surface area (Å²) < 4.78 is 4.67. The maximum atomic E-state index is 4.67. The van der Waals surface area contributed by atoms with Crippen LogP contribution in [0.2, 0.25) is 0 Å². The van der Waals surface area contributed by atoms with Crippen molar-refractivity contribution in [2.75, 3.05) is 6.54 Å². The van der Waals surface area contributed by atoms with Gasteiger partial charge in [-0.15, -0.1) is 11.3 Å². The highest BCUT2D eigenvalue weighted by atomic mass is 32.1.